The second-order valence-corrected chi connectivity index (χ2v) is 3.03. The Morgan fingerprint density at radius 2 is 2.19 bits per heavy atom. The highest BCUT2D eigenvalue weighted by atomic mass is 16.5. The van der Waals surface area contributed by atoms with Crippen LogP contribution in [0.3, 0.4) is 0 Å². The lowest BCUT2D eigenvalue weighted by Gasteiger charge is -2.09. The Morgan fingerprint density at radius 1 is 1.44 bits per heavy atom. The molecule has 0 unspecified atom stereocenters. The molecular weight excluding hydrogens is 208 g/mol. The van der Waals surface area contributed by atoms with Crippen LogP contribution in [0.4, 0.5) is 10.5 Å². The first-order valence-electron chi connectivity index (χ1n) is 5.12. The van der Waals surface area contributed by atoms with Crippen LogP contribution in [-0.4, -0.2) is 25.9 Å². The van der Waals surface area contributed by atoms with Crippen molar-refractivity contribution in [1.29, 1.82) is 0 Å². The summed E-state index contributed by atoms with van der Waals surface area (Å²) in [6, 6.07) is 7.21. The van der Waals surface area contributed by atoms with E-state index in [0.29, 0.717) is 31.2 Å². The molecule has 0 saturated carbocycles. The average Bonchev–Trinajstić information content (AvgIpc) is 2.27. The summed E-state index contributed by atoms with van der Waals surface area (Å²) in [5, 5.41) is 2.55. The number of nitrogens with two attached hydrogens (primary N) is 1. The van der Waals surface area contributed by atoms with E-state index in [4.69, 9.17) is 10.5 Å². The van der Waals surface area contributed by atoms with E-state index in [1.165, 1.54) is 0 Å². The van der Waals surface area contributed by atoms with Crippen molar-refractivity contribution in [3.8, 4) is 5.75 Å². The molecule has 88 valence electrons. The van der Waals surface area contributed by atoms with Gasteiger partial charge in [-0.05, 0) is 19.1 Å². The molecule has 0 atom stereocenters. The minimum absolute atomic E-state index is 0.354. The number of nitrogens with one attached hydrogen (secondary N) is 1. The highest BCUT2D eigenvalue weighted by Gasteiger charge is 2.00. The van der Waals surface area contributed by atoms with Gasteiger partial charge in [0.2, 0.25) is 0 Å². The highest BCUT2D eigenvalue weighted by molar-refractivity contribution is 5.66. The highest BCUT2D eigenvalue weighted by Crippen LogP contribution is 2.19. The quantitative estimate of drug-likeness (QED) is 0.585. The SMILES string of the molecule is CCOC(=O)NCCOc1ccccc1N. The number of rotatable bonds is 5. The van der Waals surface area contributed by atoms with Crippen LogP contribution >= 0.6 is 0 Å². The fourth-order valence-electron chi connectivity index (χ4n) is 1.11. The summed E-state index contributed by atoms with van der Waals surface area (Å²) in [6.45, 7) is 2.85. The summed E-state index contributed by atoms with van der Waals surface area (Å²) in [5.41, 5.74) is 6.26. The number of ether oxygens (including phenoxy) is 2. The van der Waals surface area contributed by atoms with Crippen LogP contribution in [0.25, 0.3) is 0 Å². The third kappa shape index (κ3) is 4.08. The van der Waals surface area contributed by atoms with E-state index in [1.54, 1.807) is 19.1 Å². The van der Waals surface area contributed by atoms with E-state index >= 15 is 0 Å². The van der Waals surface area contributed by atoms with Gasteiger partial charge in [0, 0.05) is 0 Å². The van der Waals surface area contributed by atoms with E-state index < -0.39 is 6.09 Å². The van der Waals surface area contributed by atoms with Gasteiger partial charge >= 0.3 is 6.09 Å². The maximum Gasteiger partial charge on any atom is 0.407 e. The van der Waals surface area contributed by atoms with Crippen LogP contribution in [0.15, 0.2) is 24.3 Å². The lowest BCUT2D eigenvalue weighted by Crippen LogP contribution is -2.28. The molecule has 16 heavy (non-hydrogen) atoms. The number of benzene rings is 1. The number of para-hydroxylation sites is 2. The summed E-state index contributed by atoms with van der Waals surface area (Å²) in [5.74, 6) is 0.619. The number of anilines is 1. The van der Waals surface area contributed by atoms with Gasteiger partial charge in [0.05, 0.1) is 18.8 Å². The monoisotopic (exact) mass is 224 g/mol. The molecule has 0 heterocycles. The Kier molecular flexibility index (Phi) is 4.98. The van der Waals surface area contributed by atoms with Crippen molar-refractivity contribution in [3.05, 3.63) is 24.3 Å². The minimum Gasteiger partial charge on any atom is -0.490 e. The van der Waals surface area contributed by atoms with Gasteiger partial charge in [-0.3, -0.25) is 0 Å². The van der Waals surface area contributed by atoms with Gasteiger partial charge in [-0.2, -0.15) is 0 Å². The molecule has 1 aromatic carbocycles. The van der Waals surface area contributed by atoms with E-state index in [9.17, 15) is 4.79 Å². The van der Waals surface area contributed by atoms with E-state index in [0.717, 1.165) is 0 Å². The Bertz CT molecular complexity index is 342. The molecule has 0 bridgehead atoms. The second-order valence-electron chi connectivity index (χ2n) is 3.03. The largest absolute Gasteiger partial charge is 0.490 e. The molecule has 1 aromatic rings. The van der Waals surface area contributed by atoms with Crippen molar-refractivity contribution in [2.45, 2.75) is 6.92 Å². The van der Waals surface area contributed by atoms with E-state index in [2.05, 4.69) is 10.1 Å². The third-order valence-electron chi connectivity index (χ3n) is 1.82. The second kappa shape index (κ2) is 6.55. The van der Waals surface area contributed by atoms with Crippen LogP contribution in [0.2, 0.25) is 0 Å². The third-order valence-corrected chi connectivity index (χ3v) is 1.82. The minimum atomic E-state index is -0.438. The predicted octanol–water partition coefficient (Wildman–Crippen LogP) is 1.39. The van der Waals surface area contributed by atoms with Crippen molar-refractivity contribution in [1.82, 2.24) is 5.32 Å². The molecule has 5 heteroatoms. The standard InChI is InChI=1S/C11H16N2O3/c1-2-15-11(14)13-7-8-16-10-6-4-3-5-9(10)12/h3-6H,2,7-8,12H2,1H3,(H,13,14). The fraction of sp³-hybridized carbons (Fsp3) is 0.364. The predicted molar refractivity (Wildman–Crippen MR) is 61.4 cm³/mol. The van der Waals surface area contributed by atoms with Crippen LogP contribution in [0.1, 0.15) is 6.92 Å². The molecule has 0 aliphatic heterocycles. The molecule has 0 aliphatic carbocycles. The zero-order valence-corrected chi connectivity index (χ0v) is 9.23. The van der Waals surface area contributed by atoms with Crippen molar-refractivity contribution in [3.63, 3.8) is 0 Å². The molecule has 0 aromatic heterocycles. The zero-order chi connectivity index (χ0) is 11.8. The van der Waals surface area contributed by atoms with Crippen molar-refractivity contribution in [2.75, 3.05) is 25.5 Å². The molecule has 0 spiro atoms. The van der Waals surface area contributed by atoms with Crippen molar-refractivity contribution >= 4 is 11.8 Å². The first kappa shape index (κ1) is 12.2. The summed E-state index contributed by atoms with van der Waals surface area (Å²) < 4.78 is 10.1. The molecule has 0 aliphatic rings. The van der Waals surface area contributed by atoms with Crippen LogP contribution < -0.4 is 15.8 Å². The normalized spacial score (nSPS) is 9.56. The molecule has 0 fully saturated rings. The maximum absolute atomic E-state index is 10.9. The maximum atomic E-state index is 10.9. The van der Waals surface area contributed by atoms with Gasteiger partial charge in [0.1, 0.15) is 12.4 Å². The first-order valence-corrected chi connectivity index (χ1v) is 5.12. The summed E-state index contributed by atoms with van der Waals surface area (Å²) in [7, 11) is 0. The lowest BCUT2D eigenvalue weighted by atomic mass is 10.3. The van der Waals surface area contributed by atoms with Crippen molar-refractivity contribution in [2.24, 2.45) is 0 Å². The average molecular weight is 224 g/mol. The number of hydrogen-bond donors (Lipinski definition) is 2. The topological polar surface area (TPSA) is 73.6 Å². The first-order chi connectivity index (χ1) is 7.74. The van der Waals surface area contributed by atoms with Gasteiger partial charge in [0.25, 0.3) is 0 Å². The molecule has 5 nitrogen and oxygen atoms in total. The zero-order valence-electron chi connectivity index (χ0n) is 9.23. The van der Waals surface area contributed by atoms with Gasteiger partial charge < -0.3 is 20.5 Å². The van der Waals surface area contributed by atoms with Gasteiger partial charge in [-0.1, -0.05) is 12.1 Å². The number of amides is 1. The van der Waals surface area contributed by atoms with Gasteiger partial charge in [-0.15, -0.1) is 0 Å². The molecule has 0 radical (unpaired) electrons. The van der Waals surface area contributed by atoms with E-state index in [1.807, 2.05) is 12.1 Å². The summed E-state index contributed by atoms with van der Waals surface area (Å²) in [6.07, 6.45) is -0.438. The Labute approximate surface area is 94.5 Å². The molecule has 0 saturated heterocycles. The number of nitrogen functional groups attached to an aromatic ring is 1. The lowest BCUT2D eigenvalue weighted by molar-refractivity contribution is 0.150. The van der Waals surface area contributed by atoms with Gasteiger partial charge in [0.15, 0.2) is 0 Å². The number of hydrogen-bond acceptors (Lipinski definition) is 4. The van der Waals surface area contributed by atoms with E-state index in [-0.39, 0.29) is 0 Å². The smallest absolute Gasteiger partial charge is 0.407 e. The number of alkyl carbamates (subject to hydrolysis) is 1. The molecule has 1 rings (SSSR count). The van der Waals surface area contributed by atoms with Crippen LogP contribution in [-0.2, 0) is 4.74 Å². The Hall–Kier alpha value is -1.91. The number of carbonyl (C=O) groups is 1. The molecule has 3 N–H and O–H groups in total. The fourth-order valence-corrected chi connectivity index (χ4v) is 1.11. The van der Waals surface area contributed by atoms with Gasteiger partial charge in [-0.25, -0.2) is 4.79 Å². The van der Waals surface area contributed by atoms with Crippen LogP contribution in [0, 0.1) is 0 Å². The molecule has 1 amide bonds. The number of carbonyl (C=O) groups excluding carboxylic acids is 1. The summed E-state index contributed by atoms with van der Waals surface area (Å²) in [4.78, 5) is 10.9. The summed E-state index contributed by atoms with van der Waals surface area (Å²) >= 11 is 0. The Morgan fingerprint density at radius 3 is 2.88 bits per heavy atom. The Balaban J connectivity index is 2.21. The van der Waals surface area contributed by atoms with Crippen LogP contribution in [0.5, 0.6) is 5.75 Å². The molecular formula is C11H16N2O3. The van der Waals surface area contributed by atoms with Crippen molar-refractivity contribution < 1.29 is 14.3 Å².